The zero-order chi connectivity index (χ0) is 16.8. The van der Waals surface area contributed by atoms with Crippen LogP contribution in [-0.4, -0.2) is 25.6 Å². The SMILES string of the molecule is Fc1cccc(-c2nnc3n2CN(c2nc4ccccc4s2)CS3)c1. The highest BCUT2D eigenvalue weighted by Gasteiger charge is 2.24. The lowest BCUT2D eigenvalue weighted by Crippen LogP contribution is -2.30. The van der Waals surface area contributed by atoms with Crippen molar-refractivity contribution in [2.75, 3.05) is 10.8 Å². The summed E-state index contributed by atoms with van der Waals surface area (Å²) in [5, 5.41) is 10.3. The molecule has 2 aromatic heterocycles. The van der Waals surface area contributed by atoms with Gasteiger partial charge in [-0.2, -0.15) is 0 Å². The summed E-state index contributed by atoms with van der Waals surface area (Å²) in [6.45, 7) is 0.598. The van der Waals surface area contributed by atoms with Crippen molar-refractivity contribution in [3.8, 4) is 11.4 Å². The van der Waals surface area contributed by atoms with Crippen LogP contribution in [0.2, 0.25) is 0 Å². The van der Waals surface area contributed by atoms with Crippen LogP contribution in [0, 0.1) is 5.82 Å². The van der Waals surface area contributed by atoms with Crippen LogP contribution in [0.1, 0.15) is 0 Å². The second-order valence-electron chi connectivity index (χ2n) is 5.66. The van der Waals surface area contributed by atoms with Gasteiger partial charge in [0.2, 0.25) is 0 Å². The molecule has 0 saturated heterocycles. The minimum Gasteiger partial charge on any atom is -0.320 e. The minimum absolute atomic E-state index is 0.277. The van der Waals surface area contributed by atoms with Crippen molar-refractivity contribution in [2.45, 2.75) is 11.8 Å². The lowest BCUT2D eigenvalue weighted by Gasteiger charge is -2.27. The summed E-state index contributed by atoms with van der Waals surface area (Å²) in [4.78, 5) is 6.92. The molecule has 0 saturated carbocycles. The molecule has 0 bridgehead atoms. The summed E-state index contributed by atoms with van der Waals surface area (Å²) >= 11 is 3.28. The molecule has 0 radical (unpaired) electrons. The number of halogens is 1. The van der Waals surface area contributed by atoms with Crippen LogP contribution in [0.25, 0.3) is 21.6 Å². The molecule has 1 aliphatic heterocycles. The Bertz CT molecular complexity index is 1040. The highest BCUT2D eigenvalue weighted by molar-refractivity contribution is 7.99. The van der Waals surface area contributed by atoms with E-state index in [2.05, 4.69) is 21.2 Å². The highest BCUT2D eigenvalue weighted by Crippen LogP contribution is 2.35. The molecule has 0 N–H and O–H groups in total. The molecule has 0 amide bonds. The lowest BCUT2D eigenvalue weighted by molar-refractivity contribution is 0.605. The van der Waals surface area contributed by atoms with Gasteiger partial charge in [0.1, 0.15) is 12.5 Å². The summed E-state index contributed by atoms with van der Waals surface area (Å²) in [6, 6.07) is 14.6. The van der Waals surface area contributed by atoms with Crippen LogP contribution in [0.3, 0.4) is 0 Å². The molecule has 1 aliphatic rings. The quantitative estimate of drug-likeness (QED) is 0.529. The second kappa shape index (κ2) is 5.82. The topological polar surface area (TPSA) is 46.8 Å². The molecule has 0 spiro atoms. The van der Waals surface area contributed by atoms with E-state index in [1.54, 1.807) is 29.2 Å². The van der Waals surface area contributed by atoms with E-state index in [0.717, 1.165) is 27.2 Å². The fourth-order valence-electron chi connectivity index (χ4n) is 2.82. The van der Waals surface area contributed by atoms with Crippen LogP contribution >= 0.6 is 23.1 Å². The van der Waals surface area contributed by atoms with Gasteiger partial charge in [0.05, 0.1) is 16.1 Å². The summed E-state index contributed by atoms with van der Waals surface area (Å²) in [5.74, 6) is 1.16. The molecule has 3 heterocycles. The summed E-state index contributed by atoms with van der Waals surface area (Å²) in [6.07, 6.45) is 0. The Morgan fingerprint density at radius 3 is 2.84 bits per heavy atom. The zero-order valence-corrected chi connectivity index (χ0v) is 14.6. The number of nitrogens with zero attached hydrogens (tertiary/aromatic N) is 5. The van der Waals surface area contributed by atoms with Gasteiger partial charge in [-0.05, 0) is 24.3 Å². The number of thioether (sulfide) groups is 1. The number of hydrogen-bond acceptors (Lipinski definition) is 6. The predicted molar refractivity (Wildman–Crippen MR) is 98.2 cm³/mol. The van der Waals surface area contributed by atoms with E-state index in [4.69, 9.17) is 4.98 Å². The molecule has 2 aromatic carbocycles. The molecule has 0 aliphatic carbocycles. The highest BCUT2D eigenvalue weighted by atomic mass is 32.2. The number of fused-ring (bicyclic) bond motifs is 2. The van der Waals surface area contributed by atoms with Crippen molar-refractivity contribution in [1.82, 2.24) is 19.7 Å². The van der Waals surface area contributed by atoms with E-state index in [9.17, 15) is 4.39 Å². The van der Waals surface area contributed by atoms with Gasteiger partial charge in [0.25, 0.3) is 0 Å². The fraction of sp³-hybridized carbons (Fsp3) is 0.118. The van der Waals surface area contributed by atoms with Crippen molar-refractivity contribution in [3.05, 3.63) is 54.3 Å². The van der Waals surface area contributed by atoms with Crippen molar-refractivity contribution >= 4 is 38.4 Å². The molecule has 0 fully saturated rings. The largest absolute Gasteiger partial charge is 0.320 e. The average molecular weight is 369 g/mol. The van der Waals surface area contributed by atoms with Crippen LogP contribution in [0.5, 0.6) is 0 Å². The standard InChI is InChI=1S/C17H12FN5S2/c18-12-5-3-4-11(8-12)15-20-21-17-23(15)9-22(10-24-17)16-19-13-6-1-2-7-14(13)25-16/h1-8H,9-10H2. The first-order chi connectivity index (χ1) is 12.3. The van der Waals surface area contributed by atoms with Gasteiger partial charge < -0.3 is 4.90 Å². The summed E-state index contributed by atoms with van der Waals surface area (Å²) in [5.41, 5.74) is 1.73. The van der Waals surface area contributed by atoms with E-state index >= 15 is 0 Å². The van der Waals surface area contributed by atoms with Gasteiger partial charge >= 0.3 is 0 Å². The molecule has 4 aromatic rings. The van der Waals surface area contributed by atoms with Crippen molar-refractivity contribution in [1.29, 1.82) is 0 Å². The van der Waals surface area contributed by atoms with Gasteiger partial charge in [0.15, 0.2) is 16.1 Å². The Hall–Kier alpha value is -2.45. The molecule has 0 unspecified atom stereocenters. The third-order valence-electron chi connectivity index (χ3n) is 4.01. The molecule has 0 atom stereocenters. The molecule has 8 heteroatoms. The maximum atomic E-state index is 13.6. The zero-order valence-electron chi connectivity index (χ0n) is 13.0. The first kappa shape index (κ1) is 14.9. The van der Waals surface area contributed by atoms with E-state index < -0.39 is 0 Å². The minimum atomic E-state index is -0.277. The Balaban J connectivity index is 1.52. The maximum Gasteiger partial charge on any atom is 0.194 e. The van der Waals surface area contributed by atoms with Gasteiger partial charge in [-0.1, -0.05) is 47.4 Å². The number of benzene rings is 2. The lowest BCUT2D eigenvalue weighted by atomic mass is 10.2. The Morgan fingerprint density at radius 1 is 1.04 bits per heavy atom. The van der Waals surface area contributed by atoms with Crippen molar-refractivity contribution < 1.29 is 4.39 Å². The molecule has 5 rings (SSSR count). The Kier molecular flexibility index (Phi) is 3.46. The molecular weight excluding hydrogens is 357 g/mol. The number of aromatic nitrogens is 4. The average Bonchev–Trinajstić information content (AvgIpc) is 3.25. The van der Waals surface area contributed by atoms with E-state index in [0.29, 0.717) is 12.5 Å². The number of anilines is 1. The molecule has 25 heavy (non-hydrogen) atoms. The smallest absolute Gasteiger partial charge is 0.194 e. The van der Waals surface area contributed by atoms with E-state index in [1.807, 2.05) is 28.8 Å². The fourth-order valence-corrected chi connectivity index (χ4v) is 4.73. The van der Waals surface area contributed by atoms with Crippen molar-refractivity contribution in [3.63, 3.8) is 0 Å². The van der Waals surface area contributed by atoms with Gasteiger partial charge in [0, 0.05) is 5.56 Å². The monoisotopic (exact) mass is 369 g/mol. The molecular formula is C17H12FN5S2. The van der Waals surface area contributed by atoms with Crippen LogP contribution in [0.4, 0.5) is 9.52 Å². The van der Waals surface area contributed by atoms with Crippen LogP contribution in [-0.2, 0) is 6.67 Å². The predicted octanol–water partition coefficient (Wildman–Crippen LogP) is 4.22. The van der Waals surface area contributed by atoms with Gasteiger partial charge in [-0.3, -0.25) is 4.57 Å². The third kappa shape index (κ3) is 2.58. The van der Waals surface area contributed by atoms with Crippen LogP contribution < -0.4 is 4.90 Å². The first-order valence-corrected chi connectivity index (χ1v) is 9.50. The van der Waals surface area contributed by atoms with E-state index in [1.165, 1.54) is 16.8 Å². The summed E-state index contributed by atoms with van der Waals surface area (Å²) < 4.78 is 16.7. The number of rotatable bonds is 2. The first-order valence-electron chi connectivity index (χ1n) is 7.70. The Morgan fingerprint density at radius 2 is 1.96 bits per heavy atom. The maximum absolute atomic E-state index is 13.6. The third-order valence-corrected chi connectivity index (χ3v) is 6.11. The number of thiazole rings is 1. The molecule has 5 nitrogen and oxygen atoms in total. The van der Waals surface area contributed by atoms with E-state index in [-0.39, 0.29) is 5.82 Å². The normalized spacial score (nSPS) is 14.0. The second-order valence-corrected chi connectivity index (χ2v) is 7.58. The van der Waals surface area contributed by atoms with Crippen molar-refractivity contribution in [2.24, 2.45) is 0 Å². The van der Waals surface area contributed by atoms with Crippen LogP contribution in [0.15, 0.2) is 53.7 Å². The van der Waals surface area contributed by atoms with Gasteiger partial charge in [-0.15, -0.1) is 10.2 Å². The Labute approximate surface area is 151 Å². The van der Waals surface area contributed by atoms with Gasteiger partial charge in [-0.25, -0.2) is 9.37 Å². The number of para-hydroxylation sites is 1. The number of hydrogen-bond donors (Lipinski definition) is 0. The molecule has 124 valence electrons. The summed E-state index contributed by atoms with van der Waals surface area (Å²) in [7, 11) is 0.